The molecule has 0 saturated carbocycles. The summed E-state index contributed by atoms with van der Waals surface area (Å²) in [5, 5.41) is 20.7. The number of carboxylic acid groups (broad SMARTS) is 1. The molecule has 0 aromatic heterocycles. The van der Waals surface area contributed by atoms with Crippen molar-refractivity contribution < 1.29 is 19.8 Å². The van der Waals surface area contributed by atoms with E-state index >= 15 is 0 Å². The lowest BCUT2D eigenvalue weighted by atomic mass is 10.1. The van der Waals surface area contributed by atoms with Gasteiger partial charge in [0.1, 0.15) is 5.75 Å². The Labute approximate surface area is 111 Å². The molecule has 0 aliphatic heterocycles. The van der Waals surface area contributed by atoms with Gasteiger partial charge in [0.05, 0.1) is 5.92 Å². The summed E-state index contributed by atoms with van der Waals surface area (Å²) in [7, 11) is 1.57. The maximum Gasteiger partial charge on any atom is 0.321 e. The summed E-state index contributed by atoms with van der Waals surface area (Å²) in [5.74, 6) is -1.29. The number of carbonyl (C=O) groups is 2. The number of phenols is 1. The summed E-state index contributed by atoms with van der Waals surface area (Å²) in [6.07, 6.45) is 0.370. The fourth-order valence-corrected chi connectivity index (χ4v) is 1.46. The summed E-state index contributed by atoms with van der Waals surface area (Å²) in [6.45, 7) is 1.88. The molecule has 0 bridgehead atoms. The van der Waals surface area contributed by atoms with E-state index < -0.39 is 11.9 Å². The van der Waals surface area contributed by atoms with Crippen LogP contribution >= 0.6 is 0 Å². The fourth-order valence-electron chi connectivity index (χ4n) is 1.46. The molecule has 1 atom stereocenters. The molecule has 0 saturated heterocycles. The lowest BCUT2D eigenvalue weighted by Crippen LogP contribution is -2.38. The average Bonchev–Trinajstić information content (AvgIpc) is 2.37. The molecule has 0 spiro atoms. The van der Waals surface area contributed by atoms with Crippen LogP contribution < -0.4 is 10.2 Å². The molecule has 6 nitrogen and oxygen atoms in total. The van der Waals surface area contributed by atoms with Crippen LogP contribution in [0.5, 0.6) is 5.75 Å². The summed E-state index contributed by atoms with van der Waals surface area (Å²) < 4.78 is 0. The second-order valence-electron chi connectivity index (χ2n) is 4.34. The van der Waals surface area contributed by atoms with Crippen molar-refractivity contribution in [2.75, 3.05) is 18.5 Å². The standard InChI is InChI=1S/C13H18N2O4/c1-9(12(17)18)6-7-14-13(19)15(2)10-4-3-5-11(16)8-10/h3-5,8-9,16H,6-7H2,1-2H3,(H,14,19)(H,17,18). The minimum Gasteiger partial charge on any atom is -0.508 e. The van der Waals surface area contributed by atoms with Gasteiger partial charge in [0, 0.05) is 25.3 Å². The molecule has 2 amide bonds. The maximum atomic E-state index is 11.8. The molecule has 0 fully saturated rings. The first kappa shape index (κ1) is 14.8. The number of aromatic hydroxyl groups is 1. The first-order chi connectivity index (χ1) is 8.91. The maximum absolute atomic E-state index is 11.8. The van der Waals surface area contributed by atoms with E-state index in [-0.39, 0.29) is 18.3 Å². The topological polar surface area (TPSA) is 89.9 Å². The average molecular weight is 266 g/mol. The molecule has 0 aliphatic carbocycles. The summed E-state index contributed by atoms with van der Waals surface area (Å²) in [5.41, 5.74) is 0.559. The molecule has 6 heteroatoms. The number of carbonyl (C=O) groups excluding carboxylic acids is 1. The highest BCUT2D eigenvalue weighted by Crippen LogP contribution is 2.18. The van der Waals surface area contributed by atoms with Gasteiger partial charge < -0.3 is 15.5 Å². The van der Waals surface area contributed by atoms with Crippen molar-refractivity contribution in [1.29, 1.82) is 0 Å². The molecule has 19 heavy (non-hydrogen) atoms. The normalized spacial score (nSPS) is 11.7. The zero-order valence-corrected chi connectivity index (χ0v) is 11.0. The van der Waals surface area contributed by atoms with E-state index in [4.69, 9.17) is 5.11 Å². The van der Waals surface area contributed by atoms with Crippen LogP contribution in [0.25, 0.3) is 0 Å². The van der Waals surface area contributed by atoms with E-state index in [0.29, 0.717) is 12.1 Å². The quantitative estimate of drug-likeness (QED) is 0.756. The smallest absolute Gasteiger partial charge is 0.321 e. The Hall–Kier alpha value is -2.24. The van der Waals surface area contributed by atoms with Crippen molar-refractivity contribution in [2.24, 2.45) is 5.92 Å². The van der Waals surface area contributed by atoms with E-state index in [9.17, 15) is 14.7 Å². The molecule has 1 aromatic carbocycles. The van der Waals surface area contributed by atoms with Crippen molar-refractivity contribution in [2.45, 2.75) is 13.3 Å². The second kappa shape index (κ2) is 6.63. The molecule has 0 aliphatic rings. The Morgan fingerprint density at radius 3 is 2.68 bits per heavy atom. The molecule has 1 unspecified atom stereocenters. The number of phenolic OH excluding ortho intramolecular Hbond substituents is 1. The number of urea groups is 1. The van der Waals surface area contributed by atoms with Gasteiger partial charge in [0.15, 0.2) is 0 Å². The van der Waals surface area contributed by atoms with Gasteiger partial charge in [0.25, 0.3) is 0 Å². The Morgan fingerprint density at radius 2 is 2.11 bits per heavy atom. The van der Waals surface area contributed by atoms with Crippen LogP contribution in [-0.4, -0.2) is 35.8 Å². The van der Waals surface area contributed by atoms with Crippen LogP contribution in [0.4, 0.5) is 10.5 Å². The van der Waals surface area contributed by atoms with E-state index in [0.717, 1.165) is 0 Å². The summed E-state index contributed by atoms with van der Waals surface area (Å²) >= 11 is 0. The molecule has 0 heterocycles. The highest BCUT2D eigenvalue weighted by atomic mass is 16.4. The molecule has 3 N–H and O–H groups in total. The number of aliphatic carboxylic acids is 1. The Morgan fingerprint density at radius 1 is 1.42 bits per heavy atom. The SMILES string of the molecule is CC(CCNC(=O)N(C)c1cccc(O)c1)C(=O)O. The van der Waals surface area contributed by atoms with Gasteiger partial charge >= 0.3 is 12.0 Å². The number of anilines is 1. The minimum absolute atomic E-state index is 0.0802. The third-order valence-corrected chi connectivity index (χ3v) is 2.80. The number of rotatable bonds is 5. The summed E-state index contributed by atoms with van der Waals surface area (Å²) in [6, 6.07) is 5.98. The number of benzene rings is 1. The largest absolute Gasteiger partial charge is 0.508 e. The zero-order chi connectivity index (χ0) is 14.4. The van der Waals surface area contributed by atoms with Crippen LogP contribution in [-0.2, 0) is 4.79 Å². The Balaban J connectivity index is 2.47. The third kappa shape index (κ3) is 4.50. The highest BCUT2D eigenvalue weighted by molar-refractivity contribution is 5.91. The lowest BCUT2D eigenvalue weighted by Gasteiger charge is -2.18. The van der Waals surface area contributed by atoms with Gasteiger partial charge in [-0.2, -0.15) is 0 Å². The van der Waals surface area contributed by atoms with Crippen molar-refractivity contribution in [1.82, 2.24) is 5.32 Å². The molecule has 1 aromatic rings. The monoisotopic (exact) mass is 266 g/mol. The van der Waals surface area contributed by atoms with Crippen LogP contribution in [0, 0.1) is 5.92 Å². The van der Waals surface area contributed by atoms with Crippen molar-refractivity contribution in [3.8, 4) is 5.75 Å². The van der Waals surface area contributed by atoms with E-state index in [1.54, 1.807) is 26.1 Å². The van der Waals surface area contributed by atoms with Crippen molar-refractivity contribution in [3.63, 3.8) is 0 Å². The number of hydrogen-bond acceptors (Lipinski definition) is 3. The molecular weight excluding hydrogens is 248 g/mol. The van der Waals surface area contributed by atoms with E-state index in [2.05, 4.69) is 5.32 Å². The molecular formula is C13H18N2O4. The predicted octanol–water partition coefficient (Wildman–Crippen LogP) is 1.65. The predicted molar refractivity (Wildman–Crippen MR) is 71.3 cm³/mol. The molecule has 104 valence electrons. The number of nitrogens with one attached hydrogen (secondary N) is 1. The summed E-state index contributed by atoms with van der Waals surface area (Å²) in [4.78, 5) is 23.8. The van der Waals surface area contributed by atoms with Crippen LogP contribution in [0.3, 0.4) is 0 Å². The number of amides is 2. The van der Waals surface area contributed by atoms with Gasteiger partial charge in [-0.1, -0.05) is 13.0 Å². The number of nitrogens with zero attached hydrogens (tertiary/aromatic N) is 1. The van der Waals surface area contributed by atoms with Crippen LogP contribution in [0.2, 0.25) is 0 Å². The van der Waals surface area contributed by atoms with Crippen LogP contribution in [0.1, 0.15) is 13.3 Å². The minimum atomic E-state index is -0.879. The fraction of sp³-hybridized carbons (Fsp3) is 0.385. The van der Waals surface area contributed by atoms with Gasteiger partial charge in [0.2, 0.25) is 0 Å². The number of carboxylic acids is 1. The molecule has 0 radical (unpaired) electrons. The van der Waals surface area contributed by atoms with Gasteiger partial charge in [-0.3, -0.25) is 9.69 Å². The van der Waals surface area contributed by atoms with Gasteiger partial charge in [-0.05, 0) is 18.6 Å². The first-order valence-corrected chi connectivity index (χ1v) is 5.95. The van der Waals surface area contributed by atoms with E-state index in [1.165, 1.54) is 17.0 Å². The second-order valence-corrected chi connectivity index (χ2v) is 4.34. The van der Waals surface area contributed by atoms with E-state index in [1.807, 2.05) is 0 Å². The number of hydrogen-bond donors (Lipinski definition) is 3. The highest BCUT2D eigenvalue weighted by Gasteiger charge is 2.13. The lowest BCUT2D eigenvalue weighted by molar-refractivity contribution is -0.141. The first-order valence-electron chi connectivity index (χ1n) is 5.95. The zero-order valence-electron chi connectivity index (χ0n) is 11.0. The Bertz CT molecular complexity index is 462. The third-order valence-electron chi connectivity index (χ3n) is 2.80. The van der Waals surface area contributed by atoms with Crippen LogP contribution in [0.15, 0.2) is 24.3 Å². The van der Waals surface area contributed by atoms with Gasteiger partial charge in [-0.25, -0.2) is 4.79 Å². The molecule has 1 rings (SSSR count). The Kier molecular flexibility index (Phi) is 5.17. The van der Waals surface area contributed by atoms with Gasteiger partial charge in [-0.15, -0.1) is 0 Å². The van der Waals surface area contributed by atoms with Crippen molar-refractivity contribution >= 4 is 17.7 Å². The van der Waals surface area contributed by atoms with Crippen molar-refractivity contribution in [3.05, 3.63) is 24.3 Å².